The number of hydrogen-bond acceptors (Lipinski definition) is 8. The van der Waals surface area contributed by atoms with Gasteiger partial charge in [0.1, 0.15) is 22.8 Å². The maximum Gasteiger partial charge on any atom is 0.255 e. The molecule has 5 rings (SSSR count). The van der Waals surface area contributed by atoms with E-state index in [0.29, 0.717) is 22.7 Å². The summed E-state index contributed by atoms with van der Waals surface area (Å²) in [5.41, 5.74) is 2.77. The van der Waals surface area contributed by atoms with E-state index in [1.807, 2.05) is 0 Å². The van der Waals surface area contributed by atoms with Gasteiger partial charge in [0.15, 0.2) is 11.4 Å². The van der Waals surface area contributed by atoms with Gasteiger partial charge in [0.2, 0.25) is 5.78 Å². The van der Waals surface area contributed by atoms with E-state index in [-0.39, 0.29) is 36.1 Å². The number of hydrogen-bond donors (Lipinski definition) is 5. The highest BCUT2D eigenvalue weighted by atomic mass is 35.5. The number of aromatic hydroxyl groups is 1. The Morgan fingerprint density at radius 3 is 2.50 bits per heavy atom. The minimum absolute atomic E-state index is 0.0632. The smallest absolute Gasteiger partial charge is 0.255 e. The molecule has 1 aromatic rings. The Hall–Kier alpha value is -2.88. The molecule has 180 valence electrons. The minimum Gasteiger partial charge on any atom is -0.511 e. The van der Waals surface area contributed by atoms with E-state index in [1.54, 1.807) is 0 Å². The van der Waals surface area contributed by atoms with E-state index in [1.165, 1.54) is 6.07 Å². The molecule has 4 aliphatic rings. The van der Waals surface area contributed by atoms with Gasteiger partial charge in [-0.05, 0) is 61.9 Å². The van der Waals surface area contributed by atoms with Gasteiger partial charge in [-0.3, -0.25) is 19.3 Å². The molecule has 0 unspecified atom stereocenters. The van der Waals surface area contributed by atoms with Crippen molar-refractivity contribution in [3.8, 4) is 5.75 Å². The lowest BCUT2D eigenvalue weighted by atomic mass is 9.60. The number of nitrogens with two attached hydrogens (primary N) is 1. The molecule has 0 bridgehead atoms. The second-order valence-electron chi connectivity index (χ2n) is 9.62. The summed E-state index contributed by atoms with van der Waals surface area (Å²) in [5, 5.41) is 43.6. The average molecular weight is 489 g/mol. The topological polar surface area (TPSA) is 161 Å². The molecule has 1 amide bonds. The molecule has 10 heteroatoms. The van der Waals surface area contributed by atoms with Crippen molar-refractivity contribution in [3.05, 3.63) is 50.4 Å². The third-order valence-electron chi connectivity index (χ3n) is 7.66. The predicted molar refractivity (Wildman–Crippen MR) is 120 cm³/mol. The van der Waals surface area contributed by atoms with Crippen molar-refractivity contribution >= 4 is 29.1 Å². The third-order valence-corrected chi connectivity index (χ3v) is 8.13. The zero-order chi connectivity index (χ0) is 24.5. The number of phenols is 1. The summed E-state index contributed by atoms with van der Waals surface area (Å²) in [6.45, 7) is 2.39. The number of aliphatic hydroxyl groups is 3. The summed E-state index contributed by atoms with van der Waals surface area (Å²) in [4.78, 5) is 40.3. The molecule has 0 spiro atoms. The molecule has 3 aliphatic carbocycles. The summed E-state index contributed by atoms with van der Waals surface area (Å²) in [7, 11) is 0. The van der Waals surface area contributed by atoms with Crippen LogP contribution in [0.1, 0.15) is 47.2 Å². The highest BCUT2D eigenvalue weighted by Crippen LogP contribution is 2.52. The Morgan fingerprint density at radius 1 is 1.18 bits per heavy atom. The average Bonchev–Trinajstić information content (AvgIpc) is 3.27. The number of ketones is 2. The fraction of sp³-hybridized carbons (Fsp3) is 0.458. The fourth-order valence-electron chi connectivity index (χ4n) is 6.02. The molecule has 1 fully saturated rings. The maximum atomic E-state index is 13.5. The van der Waals surface area contributed by atoms with E-state index in [2.05, 4.69) is 4.90 Å². The van der Waals surface area contributed by atoms with Gasteiger partial charge in [-0.25, -0.2) is 0 Å². The second-order valence-corrected chi connectivity index (χ2v) is 9.99. The molecule has 1 saturated heterocycles. The second kappa shape index (κ2) is 7.83. The Balaban J connectivity index is 1.60. The van der Waals surface area contributed by atoms with E-state index in [4.69, 9.17) is 17.3 Å². The number of allylic oxidation sites excluding steroid dienone is 2. The van der Waals surface area contributed by atoms with Crippen molar-refractivity contribution in [2.24, 2.45) is 17.6 Å². The summed E-state index contributed by atoms with van der Waals surface area (Å²) in [6.07, 6.45) is 2.20. The highest BCUT2D eigenvalue weighted by Gasteiger charge is 2.59. The van der Waals surface area contributed by atoms with Crippen molar-refractivity contribution in [3.63, 3.8) is 0 Å². The number of likely N-dealkylation sites (tertiary alicyclic amines) is 1. The molecule has 1 aromatic carbocycles. The molecule has 3 atom stereocenters. The van der Waals surface area contributed by atoms with Gasteiger partial charge in [-0.2, -0.15) is 0 Å². The van der Waals surface area contributed by atoms with Crippen molar-refractivity contribution < 1.29 is 34.8 Å². The van der Waals surface area contributed by atoms with Crippen molar-refractivity contribution in [1.82, 2.24) is 4.90 Å². The number of nitrogens with zero attached hydrogens (tertiary/aromatic N) is 1. The summed E-state index contributed by atoms with van der Waals surface area (Å²) >= 11 is 6.70. The highest BCUT2D eigenvalue weighted by molar-refractivity contribution is 6.33. The maximum absolute atomic E-state index is 13.5. The van der Waals surface area contributed by atoms with Crippen LogP contribution in [0.4, 0.5) is 0 Å². The molecule has 6 N–H and O–H groups in total. The van der Waals surface area contributed by atoms with Gasteiger partial charge in [-0.15, -0.1) is 0 Å². The predicted octanol–water partition coefficient (Wildman–Crippen LogP) is 1.83. The number of primary amides is 1. The van der Waals surface area contributed by atoms with Gasteiger partial charge in [0, 0.05) is 29.5 Å². The lowest BCUT2D eigenvalue weighted by Crippen LogP contribution is -2.57. The zero-order valence-electron chi connectivity index (χ0n) is 18.3. The van der Waals surface area contributed by atoms with Crippen LogP contribution < -0.4 is 5.73 Å². The summed E-state index contributed by atoms with van der Waals surface area (Å²) < 4.78 is 0. The van der Waals surface area contributed by atoms with E-state index in [9.17, 15) is 34.8 Å². The number of fused-ring (bicyclic) bond motifs is 3. The van der Waals surface area contributed by atoms with Gasteiger partial charge in [-0.1, -0.05) is 11.6 Å². The largest absolute Gasteiger partial charge is 0.511 e. The molecule has 9 nitrogen and oxygen atoms in total. The van der Waals surface area contributed by atoms with Crippen LogP contribution >= 0.6 is 11.6 Å². The van der Waals surface area contributed by atoms with Crippen LogP contribution in [0.2, 0.25) is 5.02 Å². The monoisotopic (exact) mass is 488 g/mol. The Morgan fingerprint density at radius 2 is 1.85 bits per heavy atom. The molecule has 0 aromatic heterocycles. The first-order valence-electron chi connectivity index (χ1n) is 11.3. The van der Waals surface area contributed by atoms with Gasteiger partial charge in [0.25, 0.3) is 5.91 Å². The van der Waals surface area contributed by atoms with Crippen LogP contribution in [-0.4, -0.2) is 61.5 Å². The molecule has 0 radical (unpaired) electrons. The first-order chi connectivity index (χ1) is 16.1. The normalized spacial score (nSPS) is 29.2. The minimum atomic E-state index is -2.56. The van der Waals surface area contributed by atoms with Crippen LogP contribution in [0.3, 0.4) is 0 Å². The zero-order valence-corrected chi connectivity index (χ0v) is 19.1. The standard InChI is InChI=1S/C24H25ClN2O7/c25-19-11(9-27-3-1-2-4-27)7-14(28)17-13(19)6-10-5-12-8-15(29)18(23(26)33)22(32)24(12,34)21(31)16(10)20(17)30/h7,10,12,28-29,31,34H,1-6,8-9H2,(H2,26,33)/t10-,12+,24+/m1/s1. The van der Waals surface area contributed by atoms with Crippen LogP contribution in [0.15, 0.2) is 28.7 Å². The molecular formula is C24H25ClN2O7. The van der Waals surface area contributed by atoms with E-state index >= 15 is 0 Å². The number of Topliss-reactive ketones (excluding diaryl/α,β-unsaturated/α-hetero) is 2. The van der Waals surface area contributed by atoms with E-state index in [0.717, 1.165) is 25.9 Å². The quantitative estimate of drug-likeness (QED) is 0.402. The Kier molecular flexibility index (Phi) is 5.27. The van der Waals surface area contributed by atoms with Crippen molar-refractivity contribution in [2.75, 3.05) is 13.1 Å². The lowest BCUT2D eigenvalue weighted by molar-refractivity contribution is -0.144. The first-order valence-corrected chi connectivity index (χ1v) is 11.7. The fourth-order valence-corrected chi connectivity index (χ4v) is 6.30. The van der Waals surface area contributed by atoms with Gasteiger partial charge < -0.3 is 26.2 Å². The number of carbonyl (C=O) groups is 3. The summed E-state index contributed by atoms with van der Waals surface area (Å²) in [5.74, 6) is -6.45. The number of carbonyl (C=O) groups excluding carboxylic acids is 3. The van der Waals surface area contributed by atoms with E-state index < -0.39 is 52.0 Å². The van der Waals surface area contributed by atoms with Crippen LogP contribution in [0.25, 0.3) is 0 Å². The molecule has 34 heavy (non-hydrogen) atoms. The van der Waals surface area contributed by atoms with Crippen molar-refractivity contribution in [1.29, 1.82) is 0 Å². The third kappa shape index (κ3) is 3.10. The number of rotatable bonds is 3. The number of benzene rings is 1. The number of halogens is 1. The first kappa shape index (κ1) is 22.9. The molecule has 1 aliphatic heterocycles. The number of phenolic OH excluding ortho intramolecular Hbond substituents is 1. The SMILES string of the molecule is NC(=O)C1=C(O)C[C@@H]2C[C@@H]3Cc4c(Cl)c(CN5CCCC5)cc(O)c4C(=O)C3=C(O)[C@]2(O)C1=O. The number of amides is 1. The summed E-state index contributed by atoms with van der Waals surface area (Å²) in [6, 6.07) is 1.45. The van der Waals surface area contributed by atoms with Crippen LogP contribution in [0, 0.1) is 11.8 Å². The van der Waals surface area contributed by atoms with Crippen LogP contribution in [0.5, 0.6) is 5.75 Å². The molecule has 1 heterocycles. The number of aliphatic hydroxyl groups excluding tert-OH is 2. The molecular weight excluding hydrogens is 464 g/mol. The Labute approximate surface area is 200 Å². The lowest BCUT2D eigenvalue weighted by Gasteiger charge is -2.45. The van der Waals surface area contributed by atoms with Crippen molar-refractivity contribution in [2.45, 2.75) is 44.2 Å². The van der Waals surface area contributed by atoms with Gasteiger partial charge in [0.05, 0.1) is 5.56 Å². The van der Waals surface area contributed by atoms with Gasteiger partial charge >= 0.3 is 0 Å². The van der Waals surface area contributed by atoms with Crippen LogP contribution in [-0.2, 0) is 22.6 Å². The Bertz CT molecular complexity index is 1210. The molecule has 0 saturated carbocycles.